The average molecular weight is 300 g/mol. The number of rotatable bonds is 2. The number of nitrogen functional groups attached to an aromatic ring is 1. The summed E-state index contributed by atoms with van der Waals surface area (Å²) < 4.78 is 0. The van der Waals surface area contributed by atoms with Crippen LogP contribution in [0.3, 0.4) is 0 Å². The summed E-state index contributed by atoms with van der Waals surface area (Å²) in [4.78, 5) is 15.2. The van der Waals surface area contributed by atoms with Crippen LogP contribution >= 0.6 is 11.3 Å². The molecule has 1 aliphatic carbocycles. The van der Waals surface area contributed by atoms with Crippen LogP contribution in [-0.2, 0) is 12.8 Å². The van der Waals surface area contributed by atoms with E-state index in [1.807, 2.05) is 0 Å². The molecule has 0 aliphatic heterocycles. The van der Waals surface area contributed by atoms with E-state index in [2.05, 4.69) is 30.3 Å². The zero-order valence-corrected chi connectivity index (χ0v) is 13.2. The van der Waals surface area contributed by atoms with Crippen LogP contribution in [0.25, 0.3) is 0 Å². The molecule has 1 aliphatic rings. The molecule has 21 heavy (non-hydrogen) atoms. The van der Waals surface area contributed by atoms with Gasteiger partial charge in [-0.1, -0.05) is 30.3 Å². The van der Waals surface area contributed by atoms with Gasteiger partial charge in [0, 0.05) is 19.0 Å². The van der Waals surface area contributed by atoms with E-state index in [-0.39, 0.29) is 5.91 Å². The SMILES string of the molecule is CN(C)C(=O)c1c(N)sc2c1CCC(c1ccccc1)C2. The van der Waals surface area contributed by atoms with E-state index in [1.165, 1.54) is 16.0 Å². The Balaban J connectivity index is 1.92. The third kappa shape index (κ3) is 2.56. The minimum absolute atomic E-state index is 0.0307. The second kappa shape index (κ2) is 5.53. The second-order valence-corrected chi connectivity index (χ2v) is 6.93. The van der Waals surface area contributed by atoms with Gasteiger partial charge in [-0.2, -0.15) is 0 Å². The van der Waals surface area contributed by atoms with E-state index in [1.54, 1.807) is 30.3 Å². The van der Waals surface area contributed by atoms with Crippen LogP contribution in [0.5, 0.6) is 0 Å². The van der Waals surface area contributed by atoms with Crippen LogP contribution in [0, 0.1) is 0 Å². The number of anilines is 1. The highest BCUT2D eigenvalue weighted by molar-refractivity contribution is 7.16. The van der Waals surface area contributed by atoms with Crippen LogP contribution in [-0.4, -0.2) is 24.9 Å². The van der Waals surface area contributed by atoms with Gasteiger partial charge in [0.2, 0.25) is 0 Å². The zero-order chi connectivity index (χ0) is 15.0. The largest absolute Gasteiger partial charge is 0.390 e. The number of fused-ring (bicyclic) bond motifs is 1. The molecule has 0 saturated heterocycles. The summed E-state index contributed by atoms with van der Waals surface area (Å²) in [7, 11) is 3.56. The molecule has 1 unspecified atom stereocenters. The Morgan fingerprint density at radius 1 is 1.29 bits per heavy atom. The Hall–Kier alpha value is -1.81. The number of carbonyl (C=O) groups excluding carboxylic acids is 1. The van der Waals surface area contributed by atoms with E-state index in [0.717, 1.165) is 24.8 Å². The van der Waals surface area contributed by atoms with Crippen molar-refractivity contribution in [3.8, 4) is 0 Å². The second-order valence-electron chi connectivity index (χ2n) is 5.79. The zero-order valence-electron chi connectivity index (χ0n) is 12.4. The highest BCUT2D eigenvalue weighted by atomic mass is 32.1. The number of nitrogens with two attached hydrogens (primary N) is 1. The van der Waals surface area contributed by atoms with Crippen LogP contribution < -0.4 is 5.73 Å². The first-order valence-electron chi connectivity index (χ1n) is 7.24. The third-order valence-corrected chi connectivity index (χ3v) is 5.27. The molecule has 4 heteroatoms. The van der Waals surface area contributed by atoms with Crippen molar-refractivity contribution in [1.29, 1.82) is 0 Å². The number of carbonyl (C=O) groups is 1. The maximum atomic E-state index is 12.3. The van der Waals surface area contributed by atoms with Gasteiger partial charge in [-0.25, -0.2) is 0 Å². The van der Waals surface area contributed by atoms with Crippen molar-refractivity contribution < 1.29 is 4.79 Å². The van der Waals surface area contributed by atoms with Gasteiger partial charge in [0.1, 0.15) is 0 Å². The number of benzene rings is 1. The number of nitrogens with zero attached hydrogens (tertiary/aromatic N) is 1. The maximum Gasteiger partial charge on any atom is 0.256 e. The van der Waals surface area contributed by atoms with E-state index in [0.29, 0.717) is 10.9 Å². The molecule has 1 aromatic carbocycles. The molecule has 1 heterocycles. The van der Waals surface area contributed by atoms with Crippen molar-refractivity contribution in [2.45, 2.75) is 25.2 Å². The van der Waals surface area contributed by atoms with Gasteiger partial charge in [0.25, 0.3) is 5.91 Å². The third-order valence-electron chi connectivity index (χ3n) is 4.18. The molecule has 1 atom stereocenters. The van der Waals surface area contributed by atoms with Crippen molar-refractivity contribution in [3.63, 3.8) is 0 Å². The fraction of sp³-hybridized carbons (Fsp3) is 0.353. The van der Waals surface area contributed by atoms with Gasteiger partial charge in [-0.15, -0.1) is 11.3 Å². The first-order chi connectivity index (χ1) is 10.1. The molecule has 1 amide bonds. The molecule has 1 aromatic heterocycles. The Kier molecular flexibility index (Phi) is 3.72. The lowest BCUT2D eigenvalue weighted by atomic mass is 9.83. The van der Waals surface area contributed by atoms with Gasteiger partial charge in [0.15, 0.2) is 0 Å². The summed E-state index contributed by atoms with van der Waals surface area (Å²) in [6.45, 7) is 0. The smallest absolute Gasteiger partial charge is 0.256 e. The minimum atomic E-state index is 0.0307. The molecule has 3 rings (SSSR count). The fourth-order valence-corrected chi connectivity index (χ4v) is 4.26. The van der Waals surface area contributed by atoms with Gasteiger partial charge >= 0.3 is 0 Å². The normalized spacial score (nSPS) is 17.3. The van der Waals surface area contributed by atoms with E-state index < -0.39 is 0 Å². The van der Waals surface area contributed by atoms with Crippen molar-refractivity contribution in [2.75, 3.05) is 19.8 Å². The molecule has 3 nitrogen and oxygen atoms in total. The van der Waals surface area contributed by atoms with Crippen LogP contribution in [0.1, 0.15) is 38.7 Å². The molecule has 0 fully saturated rings. The summed E-state index contributed by atoms with van der Waals surface area (Å²) in [6, 6.07) is 10.6. The van der Waals surface area contributed by atoms with Gasteiger partial charge in [-0.3, -0.25) is 4.79 Å². The molecule has 0 spiro atoms. The first-order valence-corrected chi connectivity index (χ1v) is 8.06. The highest BCUT2D eigenvalue weighted by Crippen LogP contribution is 2.41. The van der Waals surface area contributed by atoms with Crippen LogP contribution in [0.4, 0.5) is 5.00 Å². The molecule has 2 aromatic rings. The average Bonchev–Trinajstić information content (AvgIpc) is 2.82. The maximum absolute atomic E-state index is 12.3. The van der Waals surface area contributed by atoms with Gasteiger partial charge in [0.05, 0.1) is 10.6 Å². The van der Waals surface area contributed by atoms with Crippen molar-refractivity contribution >= 4 is 22.2 Å². The Morgan fingerprint density at radius 3 is 2.67 bits per heavy atom. The van der Waals surface area contributed by atoms with E-state index >= 15 is 0 Å². The predicted molar refractivity (Wildman–Crippen MR) is 88.0 cm³/mol. The Morgan fingerprint density at radius 2 is 2.00 bits per heavy atom. The number of thiophene rings is 1. The Labute approximate surface area is 129 Å². The fourth-order valence-electron chi connectivity index (χ4n) is 3.08. The van der Waals surface area contributed by atoms with E-state index in [9.17, 15) is 4.79 Å². The summed E-state index contributed by atoms with van der Waals surface area (Å²) >= 11 is 1.59. The predicted octanol–water partition coefficient (Wildman–Crippen LogP) is 3.30. The number of hydrogen-bond acceptors (Lipinski definition) is 3. The summed E-state index contributed by atoms with van der Waals surface area (Å²) in [5, 5.41) is 0.674. The van der Waals surface area contributed by atoms with Crippen molar-refractivity contribution in [3.05, 3.63) is 51.9 Å². The quantitative estimate of drug-likeness (QED) is 0.925. The van der Waals surface area contributed by atoms with E-state index in [4.69, 9.17) is 5.73 Å². The first kappa shape index (κ1) is 14.1. The van der Waals surface area contributed by atoms with Gasteiger partial charge < -0.3 is 10.6 Å². The van der Waals surface area contributed by atoms with Crippen molar-refractivity contribution in [2.24, 2.45) is 0 Å². The molecular weight excluding hydrogens is 280 g/mol. The molecule has 0 bridgehead atoms. The number of amides is 1. The standard InChI is InChI=1S/C17H20N2OS/c1-19(2)17(20)15-13-9-8-12(10-14(13)21-16(15)18)11-6-4-3-5-7-11/h3-7,12H,8-10,18H2,1-2H3. The molecular formula is C17H20N2OS. The Bertz CT molecular complexity index is 661. The lowest BCUT2D eigenvalue weighted by molar-refractivity contribution is 0.0827. The monoisotopic (exact) mass is 300 g/mol. The van der Waals surface area contributed by atoms with Crippen LogP contribution in [0.2, 0.25) is 0 Å². The van der Waals surface area contributed by atoms with Gasteiger partial charge in [-0.05, 0) is 36.3 Å². The lowest BCUT2D eigenvalue weighted by Crippen LogP contribution is -2.24. The summed E-state index contributed by atoms with van der Waals surface area (Å²) in [6.07, 6.45) is 3.02. The highest BCUT2D eigenvalue weighted by Gasteiger charge is 2.29. The molecule has 0 radical (unpaired) electrons. The van der Waals surface area contributed by atoms with Crippen LogP contribution in [0.15, 0.2) is 30.3 Å². The topological polar surface area (TPSA) is 46.3 Å². The summed E-state index contributed by atoms with van der Waals surface area (Å²) in [5.74, 6) is 0.571. The molecule has 2 N–H and O–H groups in total. The minimum Gasteiger partial charge on any atom is -0.390 e. The molecule has 0 saturated carbocycles. The molecule has 110 valence electrons. The summed E-state index contributed by atoms with van der Waals surface area (Å²) in [5.41, 5.74) is 9.43. The lowest BCUT2D eigenvalue weighted by Gasteiger charge is -2.23. The number of hydrogen-bond donors (Lipinski definition) is 1. The van der Waals surface area contributed by atoms with Crippen molar-refractivity contribution in [1.82, 2.24) is 4.90 Å².